The zero-order valence-corrected chi connectivity index (χ0v) is 16.1. The first-order chi connectivity index (χ1) is 9.65. The van der Waals surface area contributed by atoms with Crippen molar-refractivity contribution in [2.24, 2.45) is 0 Å². The minimum atomic E-state index is -1.70. The molecule has 1 aromatic rings. The van der Waals surface area contributed by atoms with Crippen LogP contribution in [-0.2, 0) is 4.43 Å². The van der Waals surface area contributed by atoms with Crippen molar-refractivity contribution < 1.29 is 9.16 Å². The van der Waals surface area contributed by atoms with Gasteiger partial charge in [0.2, 0.25) is 8.32 Å². The molecule has 1 aromatic carbocycles. The van der Waals surface area contributed by atoms with Crippen molar-refractivity contribution in [1.29, 1.82) is 0 Å². The first-order valence-electron chi connectivity index (χ1n) is 7.28. The number of thioether (sulfide) groups is 1. The molecule has 0 atom stereocenters. The van der Waals surface area contributed by atoms with Crippen LogP contribution in [0.1, 0.15) is 27.7 Å². The van der Waals surface area contributed by atoms with Gasteiger partial charge in [-0.2, -0.15) is 0 Å². The molecule has 4 heteroatoms. The van der Waals surface area contributed by atoms with E-state index in [9.17, 15) is 0 Å². The predicted octanol–water partition coefficient (Wildman–Crippen LogP) is 5.71. The van der Waals surface area contributed by atoms with Crippen LogP contribution in [0.25, 0.3) is 0 Å². The highest BCUT2D eigenvalue weighted by Gasteiger charge is 2.38. The molecule has 0 fully saturated rings. The fraction of sp³-hybridized carbons (Fsp3) is 0.529. The molecule has 0 saturated carbocycles. The molecule has 0 spiro atoms. The van der Waals surface area contributed by atoms with E-state index in [0.717, 1.165) is 17.3 Å². The Bertz CT molecular complexity index is 473. The van der Waals surface area contributed by atoms with Crippen LogP contribution in [0.5, 0.6) is 5.75 Å². The number of ether oxygens (including phenoxy) is 1. The first-order valence-corrected chi connectivity index (χ1v) is 11.2. The van der Waals surface area contributed by atoms with Crippen LogP contribution in [0.2, 0.25) is 18.1 Å². The lowest BCUT2D eigenvalue weighted by Gasteiger charge is -2.36. The molecule has 0 aromatic heterocycles. The van der Waals surface area contributed by atoms with Crippen molar-refractivity contribution in [1.82, 2.24) is 0 Å². The first kappa shape index (κ1) is 18.2. The van der Waals surface area contributed by atoms with E-state index in [-0.39, 0.29) is 5.04 Å². The van der Waals surface area contributed by atoms with E-state index in [1.807, 2.05) is 12.1 Å². The molecule has 1 rings (SSSR count). The second-order valence-electron chi connectivity index (χ2n) is 6.66. The summed E-state index contributed by atoms with van der Waals surface area (Å²) in [4.78, 5) is 1.24. The van der Waals surface area contributed by atoms with Gasteiger partial charge in [-0.25, -0.2) is 0 Å². The molecule has 21 heavy (non-hydrogen) atoms. The van der Waals surface area contributed by atoms with Gasteiger partial charge < -0.3 is 9.16 Å². The van der Waals surface area contributed by atoms with Gasteiger partial charge in [-0.3, -0.25) is 0 Å². The molecule has 0 heterocycles. The van der Waals surface area contributed by atoms with Gasteiger partial charge in [0.25, 0.3) is 0 Å². The van der Waals surface area contributed by atoms with Crippen LogP contribution in [0.15, 0.2) is 41.0 Å². The van der Waals surface area contributed by atoms with E-state index >= 15 is 0 Å². The van der Waals surface area contributed by atoms with Crippen LogP contribution in [0.3, 0.4) is 0 Å². The van der Waals surface area contributed by atoms with Gasteiger partial charge in [0.15, 0.2) is 0 Å². The molecule has 0 N–H and O–H groups in total. The van der Waals surface area contributed by atoms with E-state index < -0.39 is 8.32 Å². The maximum absolute atomic E-state index is 6.24. The summed E-state index contributed by atoms with van der Waals surface area (Å²) in [5.74, 6) is 2.86. The Morgan fingerprint density at radius 3 is 2.24 bits per heavy atom. The average molecular weight is 325 g/mol. The standard InChI is InChI=1S/C17H28O2SSi/c1-14(19-21(6,7)17(2,3)4)12-13-20-16-10-8-15(18-5)9-11-16/h8-12H,13H2,1-7H3. The van der Waals surface area contributed by atoms with Gasteiger partial charge in [-0.15, -0.1) is 11.8 Å². The van der Waals surface area contributed by atoms with Crippen molar-refractivity contribution in [2.45, 2.75) is 50.7 Å². The third-order valence-electron chi connectivity index (χ3n) is 3.90. The van der Waals surface area contributed by atoms with Crippen molar-refractivity contribution in [3.8, 4) is 5.75 Å². The van der Waals surface area contributed by atoms with E-state index in [1.165, 1.54) is 4.90 Å². The van der Waals surface area contributed by atoms with Crippen LogP contribution in [0, 0.1) is 0 Å². The van der Waals surface area contributed by atoms with Gasteiger partial charge in [-0.05, 0) is 55.4 Å². The average Bonchev–Trinajstić information content (AvgIpc) is 2.37. The van der Waals surface area contributed by atoms with Crippen LogP contribution >= 0.6 is 11.8 Å². The molecule has 0 aliphatic heterocycles. The smallest absolute Gasteiger partial charge is 0.250 e. The minimum absolute atomic E-state index is 0.241. The SMILES string of the molecule is COc1ccc(SCC=C(C)O[Si](C)(C)C(C)(C)C)cc1. The van der Waals surface area contributed by atoms with Crippen LogP contribution in [-0.4, -0.2) is 21.2 Å². The summed E-state index contributed by atoms with van der Waals surface area (Å²) >= 11 is 1.80. The van der Waals surface area contributed by atoms with Crippen molar-refractivity contribution in [3.05, 3.63) is 36.1 Å². The van der Waals surface area contributed by atoms with Crippen LogP contribution < -0.4 is 4.74 Å². The molecule has 0 aliphatic rings. The fourth-order valence-corrected chi connectivity index (χ4v) is 3.56. The maximum atomic E-state index is 6.24. The summed E-state index contributed by atoms with van der Waals surface area (Å²) < 4.78 is 11.4. The highest BCUT2D eigenvalue weighted by Crippen LogP contribution is 2.37. The molecule has 0 aliphatic carbocycles. The Morgan fingerprint density at radius 2 is 1.76 bits per heavy atom. The molecule has 118 valence electrons. The second kappa shape index (κ2) is 7.41. The molecule has 0 saturated heterocycles. The molecule has 2 nitrogen and oxygen atoms in total. The van der Waals surface area contributed by atoms with E-state index in [4.69, 9.17) is 9.16 Å². The number of rotatable bonds is 6. The zero-order chi connectivity index (χ0) is 16.1. The zero-order valence-electron chi connectivity index (χ0n) is 14.3. The summed E-state index contributed by atoms with van der Waals surface area (Å²) in [5, 5.41) is 0.241. The maximum Gasteiger partial charge on any atom is 0.250 e. The number of benzene rings is 1. The Kier molecular flexibility index (Phi) is 6.41. The van der Waals surface area contributed by atoms with E-state index in [1.54, 1.807) is 18.9 Å². The Labute approximate surface area is 135 Å². The molecule has 0 amide bonds. The highest BCUT2D eigenvalue weighted by molar-refractivity contribution is 7.99. The van der Waals surface area contributed by atoms with Gasteiger partial charge in [-0.1, -0.05) is 20.8 Å². The number of methoxy groups -OCH3 is 1. The highest BCUT2D eigenvalue weighted by atomic mass is 32.2. The second-order valence-corrected chi connectivity index (χ2v) is 12.5. The third kappa shape index (κ3) is 5.79. The minimum Gasteiger partial charge on any atom is -0.547 e. The summed E-state index contributed by atoms with van der Waals surface area (Å²) in [7, 11) is -0.0168. The van der Waals surface area contributed by atoms with Crippen molar-refractivity contribution in [2.75, 3.05) is 12.9 Å². The topological polar surface area (TPSA) is 18.5 Å². The normalized spacial score (nSPS) is 13.2. The Balaban J connectivity index is 2.52. The van der Waals surface area contributed by atoms with Gasteiger partial charge in [0, 0.05) is 10.6 Å². The molecular formula is C17H28O2SSi. The fourth-order valence-electron chi connectivity index (χ4n) is 1.52. The largest absolute Gasteiger partial charge is 0.547 e. The van der Waals surface area contributed by atoms with Crippen LogP contribution in [0.4, 0.5) is 0 Å². The van der Waals surface area contributed by atoms with Gasteiger partial charge in [0.05, 0.1) is 12.9 Å². The molecule has 0 unspecified atom stereocenters. The third-order valence-corrected chi connectivity index (χ3v) is 9.29. The van der Waals surface area contributed by atoms with Gasteiger partial charge in [0.1, 0.15) is 5.75 Å². The van der Waals surface area contributed by atoms with E-state index in [0.29, 0.717) is 0 Å². The molecule has 0 radical (unpaired) electrons. The summed E-state index contributed by atoms with van der Waals surface area (Å²) in [6.45, 7) is 13.4. The lowest BCUT2D eigenvalue weighted by molar-refractivity contribution is 0.385. The van der Waals surface area contributed by atoms with E-state index in [2.05, 4.69) is 59.0 Å². The molecule has 0 bridgehead atoms. The number of hydrogen-bond donors (Lipinski definition) is 0. The van der Waals surface area contributed by atoms with Crippen molar-refractivity contribution in [3.63, 3.8) is 0 Å². The lowest BCUT2D eigenvalue weighted by atomic mass is 10.2. The van der Waals surface area contributed by atoms with Crippen molar-refractivity contribution >= 4 is 20.1 Å². The summed E-state index contributed by atoms with van der Waals surface area (Å²) in [6, 6.07) is 8.15. The summed E-state index contributed by atoms with van der Waals surface area (Å²) in [5.41, 5.74) is 0. The quantitative estimate of drug-likeness (QED) is 0.379. The number of hydrogen-bond acceptors (Lipinski definition) is 3. The molecular weight excluding hydrogens is 296 g/mol. The predicted molar refractivity (Wildman–Crippen MR) is 95.8 cm³/mol. The lowest BCUT2D eigenvalue weighted by Crippen LogP contribution is -2.40. The number of allylic oxidation sites excluding steroid dienone is 1. The van der Waals surface area contributed by atoms with Gasteiger partial charge >= 0.3 is 0 Å². The Morgan fingerprint density at radius 1 is 1.19 bits per heavy atom. The summed E-state index contributed by atoms with van der Waals surface area (Å²) in [6.07, 6.45) is 2.18. The monoisotopic (exact) mass is 324 g/mol. The Hall–Kier alpha value is -0.873.